The van der Waals surface area contributed by atoms with Crippen LogP contribution in [0.1, 0.15) is 0 Å². The Bertz CT molecular complexity index is 558. The SMILES string of the molecule is CN(C)C(=O)CNS(=O)(=O)CCOc1ccccc1N. The number of hydrogen-bond acceptors (Lipinski definition) is 5. The third-order valence-electron chi connectivity index (χ3n) is 2.47. The number of amides is 1. The van der Waals surface area contributed by atoms with E-state index in [-0.39, 0.29) is 24.8 Å². The van der Waals surface area contributed by atoms with Crippen LogP contribution in [0.4, 0.5) is 5.69 Å². The molecular weight excluding hydrogens is 282 g/mol. The summed E-state index contributed by atoms with van der Waals surface area (Å²) in [5.41, 5.74) is 6.11. The van der Waals surface area contributed by atoms with Crippen molar-refractivity contribution >= 4 is 21.6 Å². The zero-order valence-electron chi connectivity index (χ0n) is 11.5. The second kappa shape index (κ2) is 7.11. The van der Waals surface area contributed by atoms with Gasteiger partial charge in [0.2, 0.25) is 15.9 Å². The lowest BCUT2D eigenvalue weighted by Gasteiger charge is -2.12. The predicted octanol–water partition coefficient (Wildman–Crippen LogP) is -0.345. The second-order valence-electron chi connectivity index (χ2n) is 4.31. The number of benzene rings is 1. The number of carbonyl (C=O) groups excluding carboxylic acids is 1. The third kappa shape index (κ3) is 5.45. The first-order valence-corrected chi connectivity index (χ1v) is 7.62. The van der Waals surface area contributed by atoms with Crippen molar-refractivity contribution in [3.63, 3.8) is 0 Å². The summed E-state index contributed by atoms with van der Waals surface area (Å²) >= 11 is 0. The first-order valence-electron chi connectivity index (χ1n) is 5.96. The van der Waals surface area contributed by atoms with Crippen LogP contribution in [0.5, 0.6) is 5.75 Å². The number of nitrogens with zero attached hydrogens (tertiary/aromatic N) is 1. The third-order valence-corrected chi connectivity index (χ3v) is 3.76. The summed E-state index contributed by atoms with van der Waals surface area (Å²) in [7, 11) is -0.449. The molecule has 0 radical (unpaired) electrons. The van der Waals surface area contributed by atoms with E-state index in [0.29, 0.717) is 11.4 Å². The zero-order chi connectivity index (χ0) is 15.2. The van der Waals surface area contributed by atoms with Crippen molar-refractivity contribution in [2.45, 2.75) is 0 Å². The molecule has 8 heteroatoms. The molecule has 0 aliphatic carbocycles. The Morgan fingerprint density at radius 1 is 1.35 bits per heavy atom. The first kappa shape index (κ1) is 16.3. The molecule has 1 amide bonds. The molecule has 1 aromatic rings. The molecule has 0 spiro atoms. The van der Waals surface area contributed by atoms with Gasteiger partial charge in [0.25, 0.3) is 0 Å². The summed E-state index contributed by atoms with van der Waals surface area (Å²) in [6.07, 6.45) is 0. The highest BCUT2D eigenvalue weighted by Gasteiger charge is 2.13. The van der Waals surface area contributed by atoms with Gasteiger partial charge in [-0.3, -0.25) is 4.79 Å². The van der Waals surface area contributed by atoms with Crippen molar-refractivity contribution in [2.24, 2.45) is 0 Å². The molecule has 1 rings (SSSR count). The van der Waals surface area contributed by atoms with Gasteiger partial charge in [0.15, 0.2) is 0 Å². The number of nitrogen functional groups attached to an aromatic ring is 1. The normalized spacial score (nSPS) is 11.1. The van der Waals surface area contributed by atoms with Crippen LogP contribution in [-0.2, 0) is 14.8 Å². The van der Waals surface area contributed by atoms with Crippen molar-refractivity contribution in [2.75, 3.05) is 38.7 Å². The maximum atomic E-state index is 11.6. The van der Waals surface area contributed by atoms with Crippen LogP contribution in [0.2, 0.25) is 0 Å². The molecule has 0 saturated heterocycles. The molecular formula is C12H19N3O4S. The molecule has 20 heavy (non-hydrogen) atoms. The van der Waals surface area contributed by atoms with Crippen LogP contribution in [0.15, 0.2) is 24.3 Å². The van der Waals surface area contributed by atoms with Crippen molar-refractivity contribution in [1.29, 1.82) is 0 Å². The summed E-state index contributed by atoms with van der Waals surface area (Å²) in [6, 6.07) is 6.82. The molecule has 7 nitrogen and oxygen atoms in total. The van der Waals surface area contributed by atoms with E-state index in [1.807, 2.05) is 0 Å². The van der Waals surface area contributed by atoms with Crippen molar-refractivity contribution in [3.8, 4) is 5.75 Å². The van der Waals surface area contributed by atoms with Gasteiger partial charge in [0.05, 0.1) is 18.0 Å². The molecule has 0 unspecified atom stereocenters. The molecule has 3 N–H and O–H groups in total. The lowest BCUT2D eigenvalue weighted by atomic mass is 10.3. The highest BCUT2D eigenvalue weighted by atomic mass is 32.2. The Morgan fingerprint density at radius 3 is 2.60 bits per heavy atom. The Balaban J connectivity index is 2.41. The number of para-hydroxylation sites is 2. The highest BCUT2D eigenvalue weighted by molar-refractivity contribution is 7.89. The number of rotatable bonds is 7. The average Bonchev–Trinajstić information content (AvgIpc) is 2.38. The minimum Gasteiger partial charge on any atom is -0.490 e. The Labute approximate surface area is 118 Å². The van der Waals surface area contributed by atoms with E-state index in [1.165, 1.54) is 4.90 Å². The van der Waals surface area contributed by atoms with Gasteiger partial charge in [-0.2, -0.15) is 0 Å². The number of likely N-dealkylation sites (N-methyl/N-ethyl adjacent to an activating group) is 1. The molecule has 0 aliphatic heterocycles. The summed E-state index contributed by atoms with van der Waals surface area (Å²) in [6.45, 7) is -0.303. The topological polar surface area (TPSA) is 102 Å². The Morgan fingerprint density at radius 2 is 2.00 bits per heavy atom. The largest absolute Gasteiger partial charge is 0.490 e. The molecule has 0 heterocycles. The standard InChI is InChI=1S/C12H19N3O4S/c1-15(2)12(16)9-14-20(17,18)8-7-19-11-6-4-3-5-10(11)13/h3-6,14H,7-9,13H2,1-2H3. The maximum absolute atomic E-state index is 11.6. The Kier molecular flexibility index (Phi) is 5.78. The van der Waals surface area contributed by atoms with Crippen LogP contribution in [0.3, 0.4) is 0 Å². The van der Waals surface area contributed by atoms with E-state index in [1.54, 1.807) is 38.4 Å². The van der Waals surface area contributed by atoms with Crippen molar-refractivity contribution in [3.05, 3.63) is 24.3 Å². The maximum Gasteiger partial charge on any atom is 0.237 e. The minimum absolute atomic E-state index is 0.0420. The number of anilines is 1. The lowest BCUT2D eigenvalue weighted by molar-refractivity contribution is -0.127. The first-order chi connectivity index (χ1) is 9.32. The number of nitrogens with two attached hydrogens (primary N) is 1. The fraction of sp³-hybridized carbons (Fsp3) is 0.417. The van der Waals surface area contributed by atoms with E-state index >= 15 is 0 Å². The molecule has 112 valence electrons. The zero-order valence-corrected chi connectivity index (χ0v) is 12.3. The second-order valence-corrected chi connectivity index (χ2v) is 6.24. The number of carbonyl (C=O) groups is 1. The Hall–Kier alpha value is -1.80. The van der Waals surface area contributed by atoms with Crippen LogP contribution in [0, 0.1) is 0 Å². The van der Waals surface area contributed by atoms with Crippen LogP contribution < -0.4 is 15.2 Å². The van der Waals surface area contributed by atoms with Gasteiger partial charge in [-0.05, 0) is 12.1 Å². The summed E-state index contributed by atoms with van der Waals surface area (Å²) in [5, 5.41) is 0. The molecule has 1 aromatic carbocycles. The van der Waals surface area contributed by atoms with Gasteiger partial charge in [0, 0.05) is 14.1 Å². The van der Waals surface area contributed by atoms with E-state index in [9.17, 15) is 13.2 Å². The van der Waals surface area contributed by atoms with E-state index in [2.05, 4.69) is 4.72 Å². The van der Waals surface area contributed by atoms with Crippen LogP contribution >= 0.6 is 0 Å². The summed E-state index contributed by atoms with van der Waals surface area (Å²) in [5.74, 6) is -0.129. The van der Waals surface area contributed by atoms with Gasteiger partial charge >= 0.3 is 0 Å². The highest BCUT2D eigenvalue weighted by Crippen LogP contribution is 2.19. The number of nitrogens with one attached hydrogen (secondary N) is 1. The van der Waals surface area contributed by atoms with Crippen LogP contribution in [-0.4, -0.2) is 52.2 Å². The van der Waals surface area contributed by atoms with Crippen molar-refractivity contribution in [1.82, 2.24) is 9.62 Å². The van der Waals surface area contributed by atoms with Gasteiger partial charge in [-0.15, -0.1) is 0 Å². The van der Waals surface area contributed by atoms with Crippen molar-refractivity contribution < 1.29 is 17.9 Å². The smallest absolute Gasteiger partial charge is 0.237 e. The molecule has 0 aromatic heterocycles. The van der Waals surface area contributed by atoms with Crippen LogP contribution in [0.25, 0.3) is 0 Å². The van der Waals surface area contributed by atoms with Gasteiger partial charge < -0.3 is 15.4 Å². The minimum atomic E-state index is -3.56. The fourth-order valence-electron chi connectivity index (χ4n) is 1.28. The van der Waals surface area contributed by atoms with Gasteiger partial charge in [-0.25, -0.2) is 13.1 Å². The number of sulfonamides is 1. The van der Waals surface area contributed by atoms with E-state index in [0.717, 1.165) is 0 Å². The monoisotopic (exact) mass is 301 g/mol. The number of ether oxygens (including phenoxy) is 1. The predicted molar refractivity (Wildman–Crippen MR) is 76.8 cm³/mol. The number of hydrogen-bond donors (Lipinski definition) is 2. The molecule has 0 atom stereocenters. The van der Waals surface area contributed by atoms with Gasteiger partial charge in [-0.1, -0.05) is 12.1 Å². The molecule has 0 fully saturated rings. The van der Waals surface area contributed by atoms with E-state index < -0.39 is 10.0 Å². The fourth-order valence-corrected chi connectivity index (χ4v) is 2.07. The summed E-state index contributed by atoms with van der Waals surface area (Å²) < 4.78 is 30.8. The lowest BCUT2D eigenvalue weighted by Crippen LogP contribution is -2.38. The molecule has 0 saturated carbocycles. The van der Waals surface area contributed by atoms with Gasteiger partial charge in [0.1, 0.15) is 12.4 Å². The summed E-state index contributed by atoms with van der Waals surface area (Å²) in [4.78, 5) is 12.6. The quantitative estimate of drug-likeness (QED) is 0.671. The molecule has 0 aliphatic rings. The molecule has 0 bridgehead atoms. The average molecular weight is 301 g/mol. The van der Waals surface area contributed by atoms with E-state index in [4.69, 9.17) is 10.5 Å².